The highest BCUT2D eigenvalue weighted by molar-refractivity contribution is 5.47. The molecule has 0 aliphatic heterocycles. The Hall–Kier alpha value is -1.16. The van der Waals surface area contributed by atoms with Crippen LogP contribution in [0, 0.1) is 5.92 Å². The number of hydrogen-bond acceptors (Lipinski definition) is 3. The molecule has 0 saturated heterocycles. The fourth-order valence-electron chi connectivity index (χ4n) is 5.40. The number of rotatable bonds is 4. The van der Waals surface area contributed by atoms with Gasteiger partial charge in [0.1, 0.15) is 0 Å². The van der Waals surface area contributed by atoms with E-state index in [1.807, 2.05) is 18.2 Å². The molecule has 22 heavy (non-hydrogen) atoms. The van der Waals surface area contributed by atoms with Crippen LogP contribution in [-0.2, 0) is 11.3 Å². The fourth-order valence-corrected chi connectivity index (χ4v) is 5.40. The SMILES string of the molecule is C=Cc1ccc(COC23CC4CC(O)(CC(O)(C4)C2)C3)cc1. The zero-order valence-corrected chi connectivity index (χ0v) is 12.9. The average molecular weight is 300 g/mol. The predicted molar refractivity (Wildman–Crippen MR) is 85.1 cm³/mol. The molecular formula is C19H24O3. The quantitative estimate of drug-likeness (QED) is 0.898. The number of ether oxygens (including phenoxy) is 1. The van der Waals surface area contributed by atoms with Gasteiger partial charge in [-0.15, -0.1) is 0 Å². The predicted octanol–water partition coefficient (Wildman–Crippen LogP) is 3.04. The molecule has 1 aromatic carbocycles. The van der Waals surface area contributed by atoms with Crippen molar-refractivity contribution in [3.63, 3.8) is 0 Å². The Kier molecular flexibility index (Phi) is 3.06. The minimum absolute atomic E-state index is 0.347. The van der Waals surface area contributed by atoms with Crippen LogP contribution in [0.3, 0.4) is 0 Å². The molecule has 1 aromatic rings. The van der Waals surface area contributed by atoms with E-state index < -0.39 is 11.2 Å². The molecule has 4 bridgehead atoms. The van der Waals surface area contributed by atoms with Gasteiger partial charge in [0.15, 0.2) is 0 Å². The molecule has 4 aliphatic carbocycles. The molecule has 0 spiro atoms. The van der Waals surface area contributed by atoms with Crippen molar-refractivity contribution in [1.29, 1.82) is 0 Å². The topological polar surface area (TPSA) is 49.7 Å². The summed E-state index contributed by atoms with van der Waals surface area (Å²) < 4.78 is 6.29. The highest BCUT2D eigenvalue weighted by Crippen LogP contribution is 2.60. The maximum absolute atomic E-state index is 10.7. The molecule has 5 rings (SSSR count). The summed E-state index contributed by atoms with van der Waals surface area (Å²) in [6.45, 7) is 4.30. The first-order valence-corrected chi connectivity index (χ1v) is 8.22. The van der Waals surface area contributed by atoms with Crippen LogP contribution >= 0.6 is 0 Å². The van der Waals surface area contributed by atoms with Gasteiger partial charge in [-0.3, -0.25) is 0 Å². The van der Waals surface area contributed by atoms with Crippen molar-refractivity contribution in [3.8, 4) is 0 Å². The lowest BCUT2D eigenvalue weighted by Crippen LogP contribution is -2.66. The molecule has 118 valence electrons. The second kappa shape index (κ2) is 4.67. The molecule has 2 unspecified atom stereocenters. The zero-order valence-electron chi connectivity index (χ0n) is 12.9. The van der Waals surface area contributed by atoms with Crippen LogP contribution in [0.2, 0.25) is 0 Å². The van der Waals surface area contributed by atoms with E-state index in [-0.39, 0.29) is 5.60 Å². The summed E-state index contributed by atoms with van der Waals surface area (Å²) in [4.78, 5) is 0. The first-order chi connectivity index (χ1) is 10.4. The van der Waals surface area contributed by atoms with Crippen LogP contribution in [0.15, 0.2) is 30.8 Å². The molecule has 4 fully saturated rings. The Labute approximate surface area is 131 Å². The highest BCUT2D eigenvalue weighted by atomic mass is 16.5. The Bertz CT molecular complexity index is 573. The lowest BCUT2D eigenvalue weighted by atomic mass is 9.50. The third-order valence-electron chi connectivity index (χ3n) is 5.72. The van der Waals surface area contributed by atoms with Gasteiger partial charge in [-0.05, 0) is 36.3 Å². The van der Waals surface area contributed by atoms with Gasteiger partial charge in [0.05, 0.1) is 23.4 Å². The average Bonchev–Trinajstić information content (AvgIpc) is 2.42. The van der Waals surface area contributed by atoms with Crippen LogP contribution in [-0.4, -0.2) is 27.0 Å². The first-order valence-electron chi connectivity index (χ1n) is 8.22. The van der Waals surface area contributed by atoms with Crippen LogP contribution in [0.4, 0.5) is 0 Å². The van der Waals surface area contributed by atoms with E-state index in [0.29, 0.717) is 31.8 Å². The summed E-state index contributed by atoms with van der Waals surface area (Å²) in [5.74, 6) is 0.398. The van der Waals surface area contributed by atoms with Crippen molar-refractivity contribution in [3.05, 3.63) is 42.0 Å². The maximum atomic E-state index is 10.7. The maximum Gasteiger partial charge on any atom is 0.0744 e. The lowest BCUT2D eigenvalue weighted by molar-refractivity contribution is -0.270. The van der Waals surface area contributed by atoms with Crippen molar-refractivity contribution in [2.75, 3.05) is 0 Å². The minimum Gasteiger partial charge on any atom is -0.390 e. The van der Waals surface area contributed by atoms with E-state index in [4.69, 9.17) is 4.74 Å². The molecule has 2 N–H and O–H groups in total. The second-order valence-electron chi connectivity index (χ2n) is 7.87. The molecule has 2 atom stereocenters. The summed E-state index contributed by atoms with van der Waals surface area (Å²) in [5.41, 5.74) is 0.435. The monoisotopic (exact) mass is 300 g/mol. The van der Waals surface area contributed by atoms with Gasteiger partial charge in [-0.1, -0.05) is 36.9 Å². The third-order valence-corrected chi connectivity index (χ3v) is 5.72. The number of aliphatic hydroxyl groups is 2. The summed E-state index contributed by atoms with van der Waals surface area (Å²) in [6, 6.07) is 8.18. The standard InChI is InChI=1S/C19H24O3/c1-2-14-3-5-15(6-4-14)10-22-19-9-16-7-17(20,12-19)11-18(21,8-16)13-19/h2-6,16,20-21H,1,7-13H2. The van der Waals surface area contributed by atoms with Crippen molar-refractivity contribution >= 4 is 6.08 Å². The first kappa shape index (κ1) is 14.4. The van der Waals surface area contributed by atoms with Crippen LogP contribution in [0.5, 0.6) is 0 Å². The van der Waals surface area contributed by atoms with Gasteiger partial charge >= 0.3 is 0 Å². The normalized spacial score (nSPS) is 42.5. The third kappa shape index (κ3) is 2.41. The minimum atomic E-state index is -0.721. The Morgan fingerprint density at radius 2 is 1.68 bits per heavy atom. The van der Waals surface area contributed by atoms with Crippen molar-refractivity contribution < 1.29 is 14.9 Å². The van der Waals surface area contributed by atoms with Gasteiger partial charge in [0, 0.05) is 19.3 Å². The molecule has 0 amide bonds. The fraction of sp³-hybridized carbons (Fsp3) is 0.579. The van der Waals surface area contributed by atoms with Crippen LogP contribution in [0.25, 0.3) is 6.08 Å². The summed E-state index contributed by atoms with van der Waals surface area (Å²) in [7, 11) is 0. The second-order valence-corrected chi connectivity index (χ2v) is 7.87. The summed E-state index contributed by atoms with van der Waals surface area (Å²) in [5, 5.41) is 21.5. The van der Waals surface area contributed by atoms with Gasteiger partial charge in [0.25, 0.3) is 0 Å². The Morgan fingerprint density at radius 3 is 2.23 bits per heavy atom. The molecular weight excluding hydrogens is 276 g/mol. The Balaban J connectivity index is 1.51. The summed E-state index contributed by atoms with van der Waals surface area (Å²) in [6.07, 6.45) is 6.32. The summed E-state index contributed by atoms with van der Waals surface area (Å²) >= 11 is 0. The van der Waals surface area contributed by atoms with Gasteiger partial charge in [-0.2, -0.15) is 0 Å². The van der Waals surface area contributed by atoms with E-state index in [2.05, 4.69) is 18.7 Å². The largest absolute Gasteiger partial charge is 0.390 e. The molecule has 4 aliphatic rings. The van der Waals surface area contributed by atoms with Crippen LogP contribution in [0.1, 0.15) is 49.7 Å². The van der Waals surface area contributed by atoms with E-state index >= 15 is 0 Å². The number of hydrogen-bond donors (Lipinski definition) is 2. The lowest BCUT2D eigenvalue weighted by Gasteiger charge is -2.62. The Morgan fingerprint density at radius 1 is 1.05 bits per heavy atom. The number of benzene rings is 1. The molecule has 4 saturated carbocycles. The van der Waals surface area contributed by atoms with E-state index in [1.165, 1.54) is 0 Å². The zero-order chi connectivity index (χ0) is 15.4. The van der Waals surface area contributed by atoms with E-state index in [0.717, 1.165) is 30.4 Å². The van der Waals surface area contributed by atoms with Gasteiger partial charge < -0.3 is 14.9 Å². The van der Waals surface area contributed by atoms with Crippen molar-refractivity contribution in [2.24, 2.45) is 5.92 Å². The van der Waals surface area contributed by atoms with Crippen molar-refractivity contribution in [2.45, 2.75) is 61.9 Å². The van der Waals surface area contributed by atoms with Crippen molar-refractivity contribution in [1.82, 2.24) is 0 Å². The highest BCUT2D eigenvalue weighted by Gasteiger charge is 2.63. The van der Waals surface area contributed by atoms with Gasteiger partial charge in [0.2, 0.25) is 0 Å². The van der Waals surface area contributed by atoms with E-state index in [1.54, 1.807) is 0 Å². The van der Waals surface area contributed by atoms with Gasteiger partial charge in [-0.25, -0.2) is 0 Å². The van der Waals surface area contributed by atoms with E-state index in [9.17, 15) is 10.2 Å². The van der Waals surface area contributed by atoms with Crippen LogP contribution < -0.4 is 0 Å². The molecule has 3 nitrogen and oxygen atoms in total. The molecule has 0 radical (unpaired) electrons. The molecule has 0 heterocycles. The smallest absolute Gasteiger partial charge is 0.0744 e. The molecule has 3 heteroatoms. The molecule has 0 aromatic heterocycles.